The molecule has 0 saturated heterocycles. The van der Waals surface area contributed by atoms with Crippen LogP contribution >= 0.6 is 0 Å². The van der Waals surface area contributed by atoms with Gasteiger partial charge in [0.1, 0.15) is 5.82 Å². The van der Waals surface area contributed by atoms with Crippen molar-refractivity contribution in [2.24, 2.45) is 5.73 Å². The highest BCUT2D eigenvalue weighted by atomic mass is 19.1. The summed E-state index contributed by atoms with van der Waals surface area (Å²) in [5.41, 5.74) is 5.78. The molecule has 0 spiro atoms. The number of carbonyl (C=O) groups excluding carboxylic acids is 2. The van der Waals surface area contributed by atoms with Gasteiger partial charge in [-0.25, -0.2) is 4.39 Å². The standard InChI is InChI=1S/C15H18FN3O2/c1-3-18-14(20)10-19(2)15(21)13-7-6-12(16)9-11(13)5-4-8-17/h6-7,9H,3,8,10,17H2,1-2H3,(H,18,20). The van der Waals surface area contributed by atoms with Crippen LogP contribution in [-0.4, -0.2) is 43.4 Å². The Hall–Kier alpha value is -2.39. The van der Waals surface area contributed by atoms with Crippen molar-refractivity contribution in [3.63, 3.8) is 0 Å². The minimum absolute atomic E-state index is 0.0756. The minimum atomic E-state index is -0.487. The highest BCUT2D eigenvalue weighted by molar-refractivity contribution is 5.98. The van der Waals surface area contributed by atoms with Crippen LogP contribution in [0.1, 0.15) is 22.8 Å². The Kier molecular flexibility index (Phi) is 6.37. The molecular weight excluding hydrogens is 273 g/mol. The number of nitrogens with two attached hydrogens (primary N) is 1. The number of hydrogen-bond donors (Lipinski definition) is 2. The van der Waals surface area contributed by atoms with Crippen LogP contribution in [0.15, 0.2) is 18.2 Å². The first-order chi connectivity index (χ1) is 9.99. The molecule has 0 aliphatic heterocycles. The Balaban J connectivity index is 2.98. The zero-order valence-electron chi connectivity index (χ0n) is 12.1. The quantitative estimate of drug-likeness (QED) is 0.786. The fourth-order valence-corrected chi connectivity index (χ4v) is 1.70. The molecule has 0 atom stereocenters. The van der Waals surface area contributed by atoms with E-state index in [4.69, 9.17) is 5.73 Å². The average Bonchev–Trinajstić information content (AvgIpc) is 2.44. The predicted octanol–water partition coefficient (Wildman–Crippen LogP) is 0.344. The molecule has 0 unspecified atom stereocenters. The van der Waals surface area contributed by atoms with Gasteiger partial charge in [0.05, 0.1) is 18.7 Å². The molecule has 2 amide bonds. The van der Waals surface area contributed by atoms with Gasteiger partial charge in [-0.3, -0.25) is 9.59 Å². The molecule has 0 heterocycles. The second-order valence-electron chi connectivity index (χ2n) is 4.31. The Morgan fingerprint density at radius 3 is 2.76 bits per heavy atom. The zero-order chi connectivity index (χ0) is 15.8. The monoisotopic (exact) mass is 291 g/mol. The van der Waals surface area contributed by atoms with Crippen LogP contribution in [0.4, 0.5) is 4.39 Å². The van der Waals surface area contributed by atoms with Gasteiger partial charge in [0, 0.05) is 19.2 Å². The van der Waals surface area contributed by atoms with Crippen molar-refractivity contribution in [1.29, 1.82) is 0 Å². The summed E-state index contributed by atoms with van der Waals surface area (Å²) in [6.07, 6.45) is 0. The first kappa shape index (κ1) is 16.7. The molecule has 0 aliphatic carbocycles. The number of nitrogens with one attached hydrogen (secondary N) is 1. The molecule has 3 N–H and O–H groups in total. The Labute approximate surface area is 123 Å². The maximum absolute atomic E-state index is 13.3. The van der Waals surface area contributed by atoms with Crippen LogP contribution in [0.2, 0.25) is 0 Å². The Bertz CT molecular complexity index is 590. The number of halogens is 1. The van der Waals surface area contributed by atoms with E-state index in [0.717, 1.165) is 0 Å². The lowest BCUT2D eigenvalue weighted by molar-refractivity contribution is -0.121. The average molecular weight is 291 g/mol. The summed E-state index contributed by atoms with van der Waals surface area (Å²) in [5, 5.41) is 2.60. The van der Waals surface area contributed by atoms with Gasteiger partial charge in [-0.15, -0.1) is 0 Å². The number of carbonyl (C=O) groups is 2. The number of benzene rings is 1. The summed E-state index contributed by atoms with van der Waals surface area (Å²) < 4.78 is 13.3. The number of likely N-dealkylation sites (N-methyl/N-ethyl adjacent to an activating group) is 2. The van der Waals surface area contributed by atoms with Gasteiger partial charge < -0.3 is 16.0 Å². The molecule has 0 saturated carbocycles. The first-order valence-electron chi connectivity index (χ1n) is 6.50. The van der Waals surface area contributed by atoms with Crippen molar-refractivity contribution in [3.8, 4) is 11.8 Å². The van der Waals surface area contributed by atoms with Crippen LogP contribution in [0.5, 0.6) is 0 Å². The van der Waals surface area contributed by atoms with Gasteiger partial charge in [-0.05, 0) is 25.1 Å². The van der Waals surface area contributed by atoms with Gasteiger partial charge in [0.2, 0.25) is 5.91 Å². The smallest absolute Gasteiger partial charge is 0.255 e. The molecular formula is C15H18FN3O2. The summed E-state index contributed by atoms with van der Waals surface area (Å²) in [5.74, 6) is 4.11. The van der Waals surface area contributed by atoms with Crippen LogP contribution in [0.25, 0.3) is 0 Å². The van der Waals surface area contributed by atoms with E-state index in [1.54, 1.807) is 6.92 Å². The summed E-state index contributed by atoms with van der Waals surface area (Å²) >= 11 is 0. The van der Waals surface area contributed by atoms with E-state index in [2.05, 4.69) is 17.2 Å². The maximum Gasteiger partial charge on any atom is 0.255 e. The van der Waals surface area contributed by atoms with Crippen LogP contribution in [0.3, 0.4) is 0 Å². The fourth-order valence-electron chi connectivity index (χ4n) is 1.70. The summed E-state index contributed by atoms with van der Waals surface area (Å²) in [4.78, 5) is 25.1. The summed E-state index contributed by atoms with van der Waals surface area (Å²) in [7, 11) is 1.50. The van der Waals surface area contributed by atoms with Crippen molar-refractivity contribution in [1.82, 2.24) is 10.2 Å². The lowest BCUT2D eigenvalue weighted by Crippen LogP contribution is -2.38. The lowest BCUT2D eigenvalue weighted by Gasteiger charge is -2.17. The molecule has 0 radical (unpaired) electrons. The van der Waals surface area contributed by atoms with Gasteiger partial charge in [0.25, 0.3) is 5.91 Å². The van der Waals surface area contributed by atoms with E-state index in [1.165, 1.54) is 30.1 Å². The Morgan fingerprint density at radius 2 is 2.14 bits per heavy atom. The molecule has 1 aromatic rings. The number of hydrogen-bond acceptors (Lipinski definition) is 3. The molecule has 1 rings (SSSR count). The highest BCUT2D eigenvalue weighted by Gasteiger charge is 2.17. The number of rotatable bonds is 4. The molecule has 21 heavy (non-hydrogen) atoms. The van der Waals surface area contributed by atoms with E-state index in [-0.39, 0.29) is 30.1 Å². The van der Waals surface area contributed by atoms with Crippen molar-refractivity contribution in [2.75, 3.05) is 26.7 Å². The van der Waals surface area contributed by atoms with Crippen molar-refractivity contribution in [2.45, 2.75) is 6.92 Å². The summed E-state index contributed by atoms with van der Waals surface area (Å²) in [6.45, 7) is 2.32. The van der Waals surface area contributed by atoms with Crippen molar-refractivity contribution < 1.29 is 14.0 Å². The second kappa shape index (κ2) is 8.02. The molecule has 0 aliphatic rings. The SMILES string of the molecule is CCNC(=O)CN(C)C(=O)c1ccc(F)cc1C#CCN. The van der Waals surface area contributed by atoms with Gasteiger partial charge in [0.15, 0.2) is 0 Å². The number of nitrogens with zero attached hydrogens (tertiary/aromatic N) is 1. The first-order valence-corrected chi connectivity index (χ1v) is 6.50. The van der Waals surface area contributed by atoms with Gasteiger partial charge >= 0.3 is 0 Å². The van der Waals surface area contributed by atoms with Crippen LogP contribution < -0.4 is 11.1 Å². The van der Waals surface area contributed by atoms with Crippen molar-refractivity contribution >= 4 is 11.8 Å². The van der Waals surface area contributed by atoms with Crippen molar-refractivity contribution in [3.05, 3.63) is 35.1 Å². The highest BCUT2D eigenvalue weighted by Crippen LogP contribution is 2.12. The molecule has 112 valence electrons. The van der Waals surface area contributed by atoms with Crippen LogP contribution in [0, 0.1) is 17.7 Å². The predicted molar refractivity (Wildman–Crippen MR) is 78.0 cm³/mol. The van der Waals surface area contributed by atoms with Gasteiger partial charge in [-0.1, -0.05) is 11.8 Å². The second-order valence-corrected chi connectivity index (χ2v) is 4.31. The third-order valence-corrected chi connectivity index (χ3v) is 2.64. The Morgan fingerprint density at radius 1 is 1.43 bits per heavy atom. The molecule has 1 aromatic carbocycles. The van der Waals surface area contributed by atoms with Crippen LogP contribution in [-0.2, 0) is 4.79 Å². The maximum atomic E-state index is 13.3. The summed E-state index contributed by atoms with van der Waals surface area (Å²) in [6, 6.07) is 3.71. The molecule has 6 heteroatoms. The van der Waals surface area contributed by atoms with E-state index < -0.39 is 11.7 Å². The van der Waals surface area contributed by atoms with E-state index in [9.17, 15) is 14.0 Å². The van der Waals surface area contributed by atoms with E-state index in [0.29, 0.717) is 6.54 Å². The molecule has 0 bridgehead atoms. The van der Waals surface area contributed by atoms with Gasteiger partial charge in [-0.2, -0.15) is 0 Å². The fraction of sp³-hybridized carbons (Fsp3) is 0.333. The van der Waals surface area contributed by atoms with E-state index in [1.807, 2.05) is 0 Å². The minimum Gasteiger partial charge on any atom is -0.355 e. The number of amides is 2. The normalized spacial score (nSPS) is 9.52. The lowest BCUT2D eigenvalue weighted by atomic mass is 10.1. The molecule has 5 nitrogen and oxygen atoms in total. The topological polar surface area (TPSA) is 75.4 Å². The zero-order valence-corrected chi connectivity index (χ0v) is 12.1. The third-order valence-electron chi connectivity index (χ3n) is 2.64. The molecule has 0 fully saturated rings. The largest absolute Gasteiger partial charge is 0.355 e. The molecule has 0 aromatic heterocycles. The van der Waals surface area contributed by atoms with E-state index >= 15 is 0 Å². The third kappa shape index (κ3) is 4.89.